The molecule has 0 saturated carbocycles. The second-order valence-corrected chi connectivity index (χ2v) is 4.79. The second kappa shape index (κ2) is 5.27. The molecule has 1 atom stereocenters. The summed E-state index contributed by atoms with van der Waals surface area (Å²) in [7, 11) is 3.65. The van der Waals surface area contributed by atoms with Crippen molar-refractivity contribution in [3.63, 3.8) is 0 Å². The lowest BCUT2D eigenvalue weighted by atomic mass is 10.0. The number of amides is 2. The fourth-order valence-corrected chi connectivity index (χ4v) is 2.34. The van der Waals surface area contributed by atoms with E-state index in [-0.39, 0.29) is 22.5 Å². The predicted molar refractivity (Wildman–Crippen MR) is 66.9 cm³/mol. The Bertz CT molecular complexity index is 347. The predicted octanol–water partition coefficient (Wildman–Crippen LogP) is 1.30. The van der Waals surface area contributed by atoms with E-state index in [1.165, 1.54) is 12.2 Å². The van der Waals surface area contributed by atoms with Gasteiger partial charge < -0.3 is 0 Å². The average molecular weight is 237 g/mol. The van der Waals surface area contributed by atoms with Gasteiger partial charge in [0, 0.05) is 19.0 Å². The number of nitrogens with zero attached hydrogens (tertiary/aromatic N) is 2. The Balaban J connectivity index is 2.98. The molecule has 4 heteroatoms. The van der Waals surface area contributed by atoms with E-state index >= 15 is 0 Å². The first-order valence-electron chi connectivity index (χ1n) is 5.88. The Hall–Kier alpha value is -1.42. The van der Waals surface area contributed by atoms with E-state index in [0.29, 0.717) is 6.54 Å². The molecule has 0 aliphatic carbocycles. The minimum Gasteiger partial charge on any atom is -0.289 e. The molecule has 1 saturated heterocycles. The number of hydrogen-bond donors (Lipinski definition) is 0. The van der Waals surface area contributed by atoms with Crippen LogP contribution in [0.15, 0.2) is 25.3 Å². The molecule has 1 rings (SSSR count). The van der Waals surface area contributed by atoms with Crippen molar-refractivity contribution in [2.75, 3.05) is 20.6 Å². The zero-order valence-corrected chi connectivity index (χ0v) is 10.7. The standard InChI is InChI=1S/C13H21N2O2/c1-5-12(16)14-10-8-7-9-11(14)15(3,4)13(17)6-2/h5-6,11H,1-2,7-10H2,3-4H3/q+1. The van der Waals surface area contributed by atoms with Gasteiger partial charge in [0.1, 0.15) is 0 Å². The highest BCUT2D eigenvalue weighted by Crippen LogP contribution is 2.24. The van der Waals surface area contributed by atoms with Crippen LogP contribution in [0.2, 0.25) is 0 Å². The summed E-state index contributed by atoms with van der Waals surface area (Å²) in [5.74, 6) is -0.170. The monoisotopic (exact) mass is 237 g/mol. The smallest absolute Gasteiger partial charge is 0.289 e. The van der Waals surface area contributed by atoms with Gasteiger partial charge in [0.25, 0.3) is 0 Å². The van der Waals surface area contributed by atoms with Crippen molar-refractivity contribution in [1.29, 1.82) is 0 Å². The maximum Gasteiger partial charge on any atom is 0.339 e. The Morgan fingerprint density at radius 3 is 2.41 bits per heavy atom. The zero-order valence-electron chi connectivity index (χ0n) is 10.7. The molecule has 1 fully saturated rings. The summed E-state index contributed by atoms with van der Waals surface area (Å²) < 4.78 is 0.142. The van der Waals surface area contributed by atoms with Crippen molar-refractivity contribution in [2.45, 2.75) is 25.4 Å². The van der Waals surface area contributed by atoms with Crippen molar-refractivity contribution in [1.82, 2.24) is 4.90 Å². The summed E-state index contributed by atoms with van der Waals surface area (Å²) in [6.07, 6.45) is 5.39. The molecular formula is C13H21N2O2+. The normalized spacial score (nSPS) is 20.8. The zero-order chi connectivity index (χ0) is 13.1. The maximum absolute atomic E-state index is 11.9. The molecular weight excluding hydrogens is 216 g/mol. The molecule has 1 aliphatic heterocycles. The molecule has 4 nitrogen and oxygen atoms in total. The number of carbonyl (C=O) groups excluding carboxylic acids is 2. The molecule has 0 aromatic rings. The Kier molecular flexibility index (Phi) is 4.23. The van der Waals surface area contributed by atoms with Crippen LogP contribution >= 0.6 is 0 Å². The topological polar surface area (TPSA) is 37.4 Å². The molecule has 2 amide bonds. The average Bonchev–Trinajstić information content (AvgIpc) is 2.36. The van der Waals surface area contributed by atoms with Crippen molar-refractivity contribution in [2.24, 2.45) is 0 Å². The van der Waals surface area contributed by atoms with Crippen LogP contribution in [0.4, 0.5) is 0 Å². The van der Waals surface area contributed by atoms with Crippen LogP contribution in [0.3, 0.4) is 0 Å². The lowest BCUT2D eigenvalue weighted by molar-refractivity contribution is -0.851. The highest BCUT2D eigenvalue weighted by atomic mass is 16.2. The van der Waals surface area contributed by atoms with Crippen LogP contribution in [0, 0.1) is 0 Å². The second-order valence-electron chi connectivity index (χ2n) is 4.79. The summed E-state index contributed by atoms with van der Waals surface area (Å²) in [6, 6.07) is 0. The molecule has 0 spiro atoms. The summed E-state index contributed by atoms with van der Waals surface area (Å²) in [5, 5.41) is 0. The molecule has 0 radical (unpaired) electrons. The van der Waals surface area contributed by atoms with E-state index in [1.807, 2.05) is 14.1 Å². The van der Waals surface area contributed by atoms with Gasteiger partial charge in [0.2, 0.25) is 5.91 Å². The van der Waals surface area contributed by atoms with E-state index in [9.17, 15) is 9.59 Å². The van der Waals surface area contributed by atoms with Gasteiger partial charge in [-0.2, -0.15) is 0 Å². The lowest BCUT2D eigenvalue weighted by Gasteiger charge is -2.43. The number of likely N-dealkylation sites (tertiary alicyclic amines) is 1. The molecule has 1 unspecified atom stereocenters. The first-order valence-corrected chi connectivity index (χ1v) is 5.88. The number of likely N-dealkylation sites (N-methyl/N-ethyl adjacent to an activating group) is 1. The minimum atomic E-state index is -0.111. The number of quaternary nitrogens is 1. The van der Waals surface area contributed by atoms with Gasteiger partial charge in [0.05, 0.1) is 14.1 Å². The first-order chi connectivity index (χ1) is 7.95. The highest BCUT2D eigenvalue weighted by molar-refractivity contribution is 5.87. The van der Waals surface area contributed by atoms with Crippen molar-refractivity contribution in [3.05, 3.63) is 25.3 Å². The van der Waals surface area contributed by atoms with Gasteiger partial charge in [-0.25, -0.2) is 9.28 Å². The highest BCUT2D eigenvalue weighted by Gasteiger charge is 2.41. The maximum atomic E-state index is 11.9. The van der Waals surface area contributed by atoms with E-state index in [0.717, 1.165) is 19.3 Å². The van der Waals surface area contributed by atoms with Gasteiger partial charge in [-0.1, -0.05) is 13.2 Å². The number of piperidine rings is 1. The van der Waals surface area contributed by atoms with Gasteiger partial charge in [-0.3, -0.25) is 9.69 Å². The van der Waals surface area contributed by atoms with E-state index in [2.05, 4.69) is 13.2 Å². The Labute approximate surface area is 103 Å². The third kappa shape index (κ3) is 2.64. The quantitative estimate of drug-likeness (QED) is 0.548. The molecule has 0 N–H and O–H groups in total. The minimum absolute atomic E-state index is 0.0706. The first kappa shape index (κ1) is 13.6. The number of carbonyl (C=O) groups is 2. The van der Waals surface area contributed by atoms with Crippen LogP contribution in [-0.2, 0) is 9.59 Å². The van der Waals surface area contributed by atoms with E-state index < -0.39 is 0 Å². The van der Waals surface area contributed by atoms with Crippen LogP contribution in [0.25, 0.3) is 0 Å². The van der Waals surface area contributed by atoms with Crippen LogP contribution in [-0.4, -0.2) is 48.0 Å². The molecule has 0 aromatic carbocycles. The van der Waals surface area contributed by atoms with E-state index in [1.54, 1.807) is 4.90 Å². The summed E-state index contributed by atoms with van der Waals surface area (Å²) in [4.78, 5) is 25.4. The van der Waals surface area contributed by atoms with Crippen molar-refractivity contribution < 1.29 is 14.1 Å². The number of rotatable bonds is 3. The van der Waals surface area contributed by atoms with Crippen LogP contribution < -0.4 is 0 Å². The van der Waals surface area contributed by atoms with Crippen molar-refractivity contribution >= 4 is 11.8 Å². The van der Waals surface area contributed by atoms with Crippen molar-refractivity contribution in [3.8, 4) is 0 Å². The Morgan fingerprint density at radius 1 is 1.24 bits per heavy atom. The lowest BCUT2D eigenvalue weighted by Crippen LogP contribution is -2.62. The molecule has 1 heterocycles. The molecule has 17 heavy (non-hydrogen) atoms. The van der Waals surface area contributed by atoms with Crippen LogP contribution in [0.1, 0.15) is 19.3 Å². The Morgan fingerprint density at radius 2 is 1.88 bits per heavy atom. The summed E-state index contributed by atoms with van der Waals surface area (Å²) in [5.41, 5.74) is 0. The fraction of sp³-hybridized carbons (Fsp3) is 0.538. The summed E-state index contributed by atoms with van der Waals surface area (Å²) >= 11 is 0. The summed E-state index contributed by atoms with van der Waals surface area (Å²) in [6.45, 7) is 7.73. The number of hydrogen-bond acceptors (Lipinski definition) is 2. The van der Waals surface area contributed by atoms with E-state index in [4.69, 9.17) is 0 Å². The van der Waals surface area contributed by atoms with Gasteiger partial charge in [0.15, 0.2) is 6.17 Å². The molecule has 0 bridgehead atoms. The van der Waals surface area contributed by atoms with Gasteiger partial charge in [-0.15, -0.1) is 0 Å². The largest absolute Gasteiger partial charge is 0.339 e. The van der Waals surface area contributed by atoms with Crippen LogP contribution in [0.5, 0.6) is 0 Å². The SMILES string of the molecule is C=CC(=O)N1CCCCC1[N+](C)(C)C(=O)C=C. The van der Waals surface area contributed by atoms with Gasteiger partial charge >= 0.3 is 5.91 Å². The third-order valence-electron chi connectivity index (χ3n) is 3.42. The fourth-order valence-electron chi connectivity index (χ4n) is 2.34. The molecule has 94 valence electrons. The van der Waals surface area contributed by atoms with Gasteiger partial charge in [-0.05, 0) is 18.9 Å². The third-order valence-corrected chi connectivity index (χ3v) is 3.42. The molecule has 0 aromatic heterocycles. The molecule has 1 aliphatic rings.